The Morgan fingerprint density at radius 3 is 2.07 bits per heavy atom. The third kappa shape index (κ3) is 4.71. The van der Waals surface area contributed by atoms with E-state index in [1.54, 1.807) is 0 Å². The first kappa shape index (κ1) is 11.9. The number of nitrogens with zero attached hydrogens (tertiary/aromatic N) is 2. The van der Waals surface area contributed by atoms with Crippen LogP contribution in [0.1, 0.15) is 0 Å². The first-order chi connectivity index (χ1) is 6.66. The molecule has 0 N–H and O–H groups in total. The minimum atomic E-state index is -4.44. The van der Waals surface area contributed by atoms with E-state index in [9.17, 15) is 26.3 Å². The van der Waals surface area contributed by atoms with Gasteiger partial charge in [-0.25, -0.2) is 9.13 Å². The van der Waals surface area contributed by atoms with Crippen molar-refractivity contribution in [3.05, 3.63) is 18.7 Å². The fourth-order valence-corrected chi connectivity index (χ4v) is 1.04. The van der Waals surface area contributed by atoms with Gasteiger partial charge in [0.2, 0.25) is 6.33 Å². The highest BCUT2D eigenvalue weighted by Crippen LogP contribution is 2.17. The SMILES string of the molecule is FC(F)(F)Cn1cc[n+](CC(F)(F)F)c1. The van der Waals surface area contributed by atoms with Crippen LogP contribution in [0.15, 0.2) is 18.7 Å². The summed E-state index contributed by atoms with van der Waals surface area (Å²) in [6, 6.07) is 0. The van der Waals surface area contributed by atoms with E-state index in [4.69, 9.17) is 0 Å². The lowest BCUT2D eigenvalue weighted by molar-refractivity contribution is -0.718. The number of aromatic nitrogens is 2. The van der Waals surface area contributed by atoms with Gasteiger partial charge in [-0.2, -0.15) is 26.3 Å². The molecule has 1 rings (SSSR count). The van der Waals surface area contributed by atoms with Crippen molar-refractivity contribution in [2.45, 2.75) is 25.4 Å². The van der Waals surface area contributed by atoms with E-state index < -0.39 is 25.4 Å². The van der Waals surface area contributed by atoms with Gasteiger partial charge in [0, 0.05) is 0 Å². The van der Waals surface area contributed by atoms with Crippen molar-refractivity contribution in [2.24, 2.45) is 0 Å². The normalized spacial score (nSPS) is 13.2. The molecule has 0 aliphatic heterocycles. The molecule has 0 saturated carbocycles. The highest BCUT2D eigenvalue weighted by atomic mass is 19.4. The predicted octanol–water partition coefficient (Wildman–Crippen LogP) is 1.90. The summed E-state index contributed by atoms with van der Waals surface area (Å²) < 4.78 is 72.3. The third-order valence-corrected chi connectivity index (χ3v) is 1.47. The van der Waals surface area contributed by atoms with Crippen LogP contribution in [0.5, 0.6) is 0 Å². The average molecular weight is 233 g/mol. The van der Waals surface area contributed by atoms with E-state index in [-0.39, 0.29) is 0 Å². The highest BCUT2D eigenvalue weighted by Gasteiger charge is 2.33. The Hall–Kier alpha value is -1.21. The quantitative estimate of drug-likeness (QED) is 0.545. The molecule has 0 spiro atoms. The van der Waals surface area contributed by atoms with Crippen molar-refractivity contribution in [1.82, 2.24) is 4.57 Å². The Kier molecular flexibility index (Phi) is 2.96. The molecule has 0 amide bonds. The van der Waals surface area contributed by atoms with E-state index in [1.165, 1.54) is 0 Å². The van der Waals surface area contributed by atoms with Crippen LogP contribution in [0, 0.1) is 0 Å². The van der Waals surface area contributed by atoms with Crippen molar-refractivity contribution in [3.8, 4) is 0 Å². The number of rotatable bonds is 2. The third-order valence-electron chi connectivity index (χ3n) is 1.47. The van der Waals surface area contributed by atoms with Gasteiger partial charge < -0.3 is 0 Å². The molecule has 2 nitrogen and oxygen atoms in total. The second-order valence-electron chi connectivity index (χ2n) is 2.99. The first-order valence-electron chi connectivity index (χ1n) is 3.84. The first-order valence-corrected chi connectivity index (χ1v) is 3.84. The van der Waals surface area contributed by atoms with Crippen LogP contribution >= 0.6 is 0 Å². The monoisotopic (exact) mass is 233 g/mol. The largest absolute Gasteiger partial charge is 0.426 e. The molecule has 0 aliphatic rings. The summed E-state index contributed by atoms with van der Waals surface area (Å²) in [7, 11) is 0. The molecule has 0 atom stereocenters. The highest BCUT2D eigenvalue weighted by molar-refractivity contribution is 4.68. The molecule has 8 heteroatoms. The lowest BCUT2D eigenvalue weighted by Gasteiger charge is -2.02. The number of halogens is 6. The maximum absolute atomic E-state index is 11.8. The molecule has 0 saturated heterocycles. The van der Waals surface area contributed by atoms with E-state index in [2.05, 4.69) is 0 Å². The van der Waals surface area contributed by atoms with Crippen LogP contribution in [0.4, 0.5) is 26.3 Å². The molecule has 86 valence electrons. The Bertz CT molecular complexity index is 292. The predicted molar refractivity (Wildman–Crippen MR) is 36.7 cm³/mol. The summed E-state index contributed by atoms with van der Waals surface area (Å²) in [5.74, 6) is 0. The van der Waals surface area contributed by atoms with Gasteiger partial charge in [0.1, 0.15) is 12.4 Å². The van der Waals surface area contributed by atoms with Crippen molar-refractivity contribution in [2.75, 3.05) is 0 Å². The van der Waals surface area contributed by atoms with Crippen LogP contribution in [0.25, 0.3) is 0 Å². The Labute approximate surface area is 80.7 Å². The van der Waals surface area contributed by atoms with E-state index in [0.717, 1.165) is 18.7 Å². The van der Waals surface area contributed by atoms with Crippen LogP contribution in [-0.4, -0.2) is 16.9 Å². The van der Waals surface area contributed by atoms with Crippen LogP contribution in [0.3, 0.4) is 0 Å². The topological polar surface area (TPSA) is 8.81 Å². The Morgan fingerprint density at radius 1 is 1.00 bits per heavy atom. The Balaban J connectivity index is 2.65. The molecule has 0 fully saturated rings. The molecular formula is C7H7F6N2+. The number of hydrogen-bond acceptors (Lipinski definition) is 0. The van der Waals surface area contributed by atoms with Crippen molar-refractivity contribution >= 4 is 0 Å². The maximum Gasteiger partial charge on any atom is 0.426 e. The van der Waals surface area contributed by atoms with Gasteiger partial charge in [0.25, 0.3) is 0 Å². The second kappa shape index (κ2) is 3.74. The zero-order valence-electron chi connectivity index (χ0n) is 7.31. The van der Waals surface area contributed by atoms with E-state index in [0.29, 0.717) is 9.13 Å². The molecule has 1 aromatic heterocycles. The average Bonchev–Trinajstić information content (AvgIpc) is 2.28. The van der Waals surface area contributed by atoms with Crippen molar-refractivity contribution in [3.63, 3.8) is 0 Å². The molecule has 15 heavy (non-hydrogen) atoms. The summed E-state index contributed by atoms with van der Waals surface area (Å²) in [6.07, 6.45) is -6.22. The number of imidazole rings is 1. The van der Waals surface area contributed by atoms with Gasteiger partial charge in [-0.05, 0) is 0 Å². The number of hydrogen-bond donors (Lipinski definition) is 0. The summed E-state index contributed by atoms with van der Waals surface area (Å²) in [5.41, 5.74) is 0. The summed E-state index contributed by atoms with van der Waals surface area (Å²) in [4.78, 5) is 0. The zero-order chi connectivity index (χ0) is 11.7. The van der Waals surface area contributed by atoms with E-state index >= 15 is 0 Å². The van der Waals surface area contributed by atoms with Gasteiger partial charge in [0.15, 0.2) is 13.1 Å². The van der Waals surface area contributed by atoms with Crippen LogP contribution < -0.4 is 4.57 Å². The molecule has 0 radical (unpaired) electrons. The van der Waals surface area contributed by atoms with Crippen molar-refractivity contribution in [1.29, 1.82) is 0 Å². The van der Waals surface area contributed by atoms with Gasteiger partial charge in [-0.3, -0.25) is 0 Å². The van der Waals surface area contributed by atoms with Gasteiger partial charge in [0.05, 0.1) is 0 Å². The smallest absolute Gasteiger partial charge is 0.227 e. The number of alkyl halides is 6. The van der Waals surface area contributed by atoms with Gasteiger partial charge >= 0.3 is 12.4 Å². The van der Waals surface area contributed by atoms with Gasteiger partial charge in [-0.15, -0.1) is 0 Å². The second-order valence-corrected chi connectivity index (χ2v) is 2.99. The lowest BCUT2D eigenvalue weighted by Crippen LogP contribution is -2.39. The van der Waals surface area contributed by atoms with Gasteiger partial charge in [-0.1, -0.05) is 0 Å². The van der Waals surface area contributed by atoms with Crippen molar-refractivity contribution < 1.29 is 30.9 Å². The van der Waals surface area contributed by atoms with Crippen LogP contribution in [-0.2, 0) is 13.1 Å². The Morgan fingerprint density at radius 2 is 1.60 bits per heavy atom. The lowest BCUT2D eigenvalue weighted by atomic mass is 10.6. The molecule has 1 aromatic rings. The molecule has 0 aromatic carbocycles. The maximum atomic E-state index is 11.8. The molecule has 1 heterocycles. The molecular weight excluding hydrogens is 226 g/mol. The molecule has 0 unspecified atom stereocenters. The standard InChI is InChI=1S/C7H7F6N2/c8-6(9,10)3-14-1-2-15(5-14)4-7(11,12)13/h1-2,5H,3-4H2/q+1. The van der Waals surface area contributed by atoms with Crippen LogP contribution in [0.2, 0.25) is 0 Å². The zero-order valence-corrected chi connectivity index (χ0v) is 7.31. The summed E-state index contributed by atoms with van der Waals surface area (Å²) in [6.45, 7) is -2.59. The van der Waals surface area contributed by atoms with E-state index in [1.807, 2.05) is 0 Å². The summed E-state index contributed by atoms with van der Waals surface area (Å²) in [5, 5.41) is 0. The minimum absolute atomic E-state index is 0.645. The minimum Gasteiger partial charge on any atom is -0.227 e. The fourth-order valence-electron chi connectivity index (χ4n) is 1.04. The molecule has 0 bridgehead atoms. The summed E-state index contributed by atoms with van der Waals surface area (Å²) >= 11 is 0. The fraction of sp³-hybridized carbons (Fsp3) is 0.571. The molecule has 0 aliphatic carbocycles.